The normalized spacial score (nSPS) is 37.0. The Hall–Kier alpha value is -0.140. The van der Waals surface area contributed by atoms with Crippen molar-refractivity contribution in [2.24, 2.45) is 5.92 Å². The van der Waals surface area contributed by atoms with Gasteiger partial charge in [0.1, 0.15) is 6.23 Å². The summed E-state index contributed by atoms with van der Waals surface area (Å²) in [6.07, 6.45) is -0.620. The average Bonchev–Trinajstić information content (AvgIpc) is 1.62. The van der Waals surface area contributed by atoms with Gasteiger partial charge in [-0.15, -0.1) is 9.24 Å². The molecule has 0 aliphatic carbocycles. The van der Waals surface area contributed by atoms with E-state index < -0.39 is 6.23 Å². The molecule has 0 radical (unpaired) electrons. The van der Waals surface area contributed by atoms with Gasteiger partial charge in [-0.05, 0) is 5.66 Å². The third kappa shape index (κ3) is 1.07. The number of nitrogens with one attached hydrogen (secondary N) is 1. The van der Waals surface area contributed by atoms with E-state index >= 15 is 0 Å². The number of hydrogen-bond donors (Lipinski definition) is 2. The topological polar surface area (TPSA) is 49.3 Å². The maximum Gasteiger partial charge on any atom is 0.230 e. The highest BCUT2D eigenvalue weighted by molar-refractivity contribution is 7.17. The van der Waals surface area contributed by atoms with Crippen molar-refractivity contribution in [3.8, 4) is 0 Å². The molecule has 2 N–H and O–H groups in total. The highest BCUT2D eigenvalue weighted by Crippen LogP contribution is 2.22. The Morgan fingerprint density at radius 1 is 1.89 bits per heavy atom. The van der Waals surface area contributed by atoms with Gasteiger partial charge in [-0.3, -0.25) is 4.79 Å². The second-order valence-electron chi connectivity index (χ2n) is 2.34. The van der Waals surface area contributed by atoms with Crippen LogP contribution in [-0.2, 0) is 4.79 Å². The molecule has 1 fully saturated rings. The zero-order valence-electron chi connectivity index (χ0n) is 5.16. The molecule has 1 saturated heterocycles. The fourth-order valence-electron chi connectivity index (χ4n) is 0.905. The second-order valence-corrected chi connectivity index (χ2v) is 3.39. The van der Waals surface area contributed by atoms with Gasteiger partial charge in [0.05, 0.1) is 5.92 Å². The van der Waals surface area contributed by atoms with Crippen molar-refractivity contribution in [3.05, 3.63) is 0 Å². The molecule has 0 aromatic rings. The molecule has 0 bridgehead atoms. The van der Waals surface area contributed by atoms with Crippen molar-refractivity contribution in [1.82, 2.24) is 5.32 Å². The number of aliphatic hydroxyl groups excluding tert-OH is 1. The smallest absolute Gasteiger partial charge is 0.230 e. The molecule has 52 valence electrons. The minimum absolute atomic E-state index is 0.0509. The summed E-state index contributed by atoms with van der Waals surface area (Å²) in [4.78, 5) is 10.6. The van der Waals surface area contributed by atoms with Crippen LogP contribution < -0.4 is 5.32 Å². The number of carbonyl (C=O) groups is 1. The molecule has 4 atom stereocenters. The number of carbonyl (C=O) groups excluding carboxylic acids is 1. The summed E-state index contributed by atoms with van der Waals surface area (Å²) in [5, 5.41) is 11.2. The predicted molar refractivity (Wildman–Crippen MR) is 36.8 cm³/mol. The summed E-state index contributed by atoms with van der Waals surface area (Å²) in [7, 11) is 2.50. The molecule has 4 heteroatoms. The molecule has 0 spiro atoms. The minimum Gasteiger partial charge on any atom is -0.373 e. The number of amides is 1. The summed E-state index contributed by atoms with van der Waals surface area (Å²) >= 11 is 0. The van der Waals surface area contributed by atoms with E-state index in [1.165, 1.54) is 0 Å². The number of hydrogen-bond acceptors (Lipinski definition) is 2. The minimum atomic E-state index is -0.620. The Balaban J connectivity index is 2.49. The van der Waals surface area contributed by atoms with Crippen LogP contribution >= 0.6 is 9.24 Å². The maximum absolute atomic E-state index is 10.6. The summed E-state index contributed by atoms with van der Waals surface area (Å²) in [6, 6.07) is 0. The van der Waals surface area contributed by atoms with Crippen LogP contribution in [0.3, 0.4) is 0 Å². The summed E-state index contributed by atoms with van der Waals surface area (Å²) < 4.78 is 0. The van der Waals surface area contributed by atoms with E-state index in [1.54, 1.807) is 0 Å². The summed E-state index contributed by atoms with van der Waals surface area (Å²) in [5.41, 5.74) is 0.161. The van der Waals surface area contributed by atoms with E-state index in [-0.39, 0.29) is 17.5 Å². The van der Waals surface area contributed by atoms with E-state index in [9.17, 15) is 4.79 Å². The van der Waals surface area contributed by atoms with Crippen LogP contribution in [0.4, 0.5) is 0 Å². The largest absolute Gasteiger partial charge is 0.373 e. The molecule has 1 rings (SSSR count). The Bertz CT molecular complexity index is 132. The lowest BCUT2D eigenvalue weighted by atomic mass is 9.96. The lowest BCUT2D eigenvalue weighted by Crippen LogP contribution is -2.60. The van der Waals surface area contributed by atoms with Crippen molar-refractivity contribution < 1.29 is 9.90 Å². The summed E-state index contributed by atoms with van der Waals surface area (Å²) in [6.45, 7) is 1.89. The van der Waals surface area contributed by atoms with E-state index in [0.717, 1.165) is 0 Å². The molecule has 3 unspecified atom stereocenters. The van der Waals surface area contributed by atoms with E-state index in [2.05, 4.69) is 14.6 Å². The zero-order valence-corrected chi connectivity index (χ0v) is 6.32. The van der Waals surface area contributed by atoms with Crippen molar-refractivity contribution in [1.29, 1.82) is 0 Å². The standard InChI is InChI=1S/C5H10NO2P/c1-2(9)3-4(7)6-5(3)8/h2-4,7H,9H2,1H3,(H,6,8)/t2?,3-,4?/m1/s1. The van der Waals surface area contributed by atoms with Crippen molar-refractivity contribution in [3.63, 3.8) is 0 Å². The number of rotatable bonds is 1. The van der Waals surface area contributed by atoms with Gasteiger partial charge in [0, 0.05) is 0 Å². The lowest BCUT2D eigenvalue weighted by molar-refractivity contribution is -0.146. The first-order chi connectivity index (χ1) is 4.13. The Labute approximate surface area is 56.0 Å². The molecule has 1 aliphatic rings. The van der Waals surface area contributed by atoms with E-state index in [1.807, 2.05) is 6.92 Å². The second kappa shape index (κ2) is 2.24. The van der Waals surface area contributed by atoms with E-state index in [0.29, 0.717) is 0 Å². The van der Waals surface area contributed by atoms with Crippen LogP contribution in [0.5, 0.6) is 0 Å². The SMILES string of the molecule is CC(P)[C@H]1C(=O)NC1O. The molecule has 1 heterocycles. The van der Waals surface area contributed by atoms with Crippen LogP contribution in [0.25, 0.3) is 0 Å². The van der Waals surface area contributed by atoms with Gasteiger partial charge in [-0.1, -0.05) is 6.92 Å². The maximum atomic E-state index is 10.6. The Morgan fingerprint density at radius 3 is 2.56 bits per heavy atom. The van der Waals surface area contributed by atoms with Crippen molar-refractivity contribution >= 4 is 15.1 Å². The first-order valence-corrected chi connectivity index (χ1v) is 3.53. The van der Waals surface area contributed by atoms with Gasteiger partial charge in [-0.2, -0.15) is 0 Å². The molecular weight excluding hydrogens is 137 g/mol. The molecular formula is C5H10NO2P. The fraction of sp³-hybridized carbons (Fsp3) is 0.800. The number of aliphatic hydroxyl groups is 1. The molecule has 3 nitrogen and oxygen atoms in total. The fourth-order valence-corrected chi connectivity index (χ4v) is 1.29. The first kappa shape index (κ1) is 6.97. The predicted octanol–water partition coefficient (Wildman–Crippen LogP) is -0.686. The quantitative estimate of drug-likeness (QED) is 0.381. The Kier molecular flexibility index (Phi) is 1.73. The van der Waals surface area contributed by atoms with Crippen LogP contribution in [0.1, 0.15) is 6.92 Å². The first-order valence-electron chi connectivity index (χ1n) is 2.87. The molecule has 0 aromatic heterocycles. The van der Waals surface area contributed by atoms with Crippen LogP contribution in [-0.4, -0.2) is 22.9 Å². The third-order valence-corrected chi connectivity index (χ3v) is 1.91. The average molecular weight is 147 g/mol. The van der Waals surface area contributed by atoms with Gasteiger partial charge in [-0.25, -0.2) is 0 Å². The van der Waals surface area contributed by atoms with Gasteiger partial charge in [0.25, 0.3) is 0 Å². The van der Waals surface area contributed by atoms with Crippen molar-refractivity contribution in [2.75, 3.05) is 0 Å². The zero-order chi connectivity index (χ0) is 7.02. The molecule has 0 aromatic carbocycles. The van der Waals surface area contributed by atoms with Gasteiger partial charge in [0.15, 0.2) is 0 Å². The highest BCUT2D eigenvalue weighted by Gasteiger charge is 2.39. The van der Waals surface area contributed by atoms with Crippen molar-refractivity contribution in [2.45, 2.75) is 18.8 Å². The summed E-state index contributed by atoms with van der Waals surface area (Å²) in [5.74, 6) is -0.264. The van der Waals surface area contributed by atoms with Gasteiger partial charge < -0.3 is 10.4 Å². The molecule has 9 heavy (non-hydrogen) atoms. The van der Waals surface area contributed by atoms with Crippen LogP contribution in [0.15, 0.2) is 0 Å². The van der Waals surface area contributed by atoms with Crippen LogP contribution in [0.2, 0.25) is 0 Å². The van der Waals surface area contributed by atoms with E-state index in [4.69, 9.17) is 5.11 Å². The highest BCUT2D eigenvalue weighted by atomic mass is 31.0. The third-order valence-electron chi connectivity index (χ3n) is 1.50. The van der Waals surface area contributed by atoms with Crippen LogP contribution in [0, 0.1) is 5.92 Å². The van der Waals surface area contributed by atoms with Gasteiger partial charge >= 0.3 is 0 Å². The monoisotopic (exact) mass is 147 g/mol. The lowest BCUT2D eigenvalue weighted by Gasteiger charge is -2.34. The number of β-lactam (4-membered cyclic amide) rings is 1. The Morgan fingerprint density at radius 2 is 2.44 bits per heavy atom. The van der Waals surface area contributed by atoms with Gasteiger partial charge in [0.2, 0.25) is 5.91 Å². The molecule has 1 amide bonds. The molecule has 1 aliphatic heterocycles. The molecule has 0 saturated carbocycles.